The second-order valence-corrected chi connectivity index (χ2v) is 9.26. The Labute approximate surface area is 166 Å². The van der Waals surface area contributed by atoms with E-state index in [9.17, 15) is 13.2 Å². The van der Waals surface area contributed by atoms with Gasteiger partial charge in [0.15, 0.2) is 0 Å². The highest BCUT2D eigenvalue weighted by atomic mass is 32.2. The van der Waals surface area contributed by atoms with Gasteiger partial charge in [-0.2, -0.15) is 4.31 Å². The van der Waals surface area contributed by atoms with E-state index in [-0.39, 0.29) is 23.0 Å². The summed E-state index contributed by atoms with van der Waals surface area (Å²) >= 11 is 0. The SMILES string of the molecule is Cc1cccc(C)c1NC(=O)c1ccc(S(=O)(=O)N2C[C@@H](C)O[C@@H](C)C2)cc1. The molecule has 1 N–H and O–H groups in total. The molecule has 1 aliphatic heterocycles. The van der Waals surface area contributed by atoms with Crippen LogP contribution in [0.5, 0.6) is 0 Å². The summed E-state index contributed by atoms with van der Waals surface area (Å²) < 4.78 is 32.9. The van der Waals surface area contributed by atoms with Crippen molar-refractivity contribution < 1.29 is 17.9 Å². The van der Waals surface area contributed by atoms with Gasteiger partial charge in [-0.3, -0.25) is 4.79 Å². The number of amides is 1. The first-order valence-corrected chi connectivity index (χ1v) is 10.8. The molecule has 6 nitrogen and oxygen atoms in total. The first-order chi connectivity index (χ1) is 13.2. The van der Waals surface area contributed by atoms with Crippen LogP contribution in [0.1, 0.15) is 35.3 Å². The lowest BCUT2D eigenvalue weighted by molar-refractivity contribution is -0.0440. The van der Waals surface area contributed by atoms with Gasteiger partial charge in [0.2, 0.25) is 10.0 Å². The molecule has 28 heavy (non-hydrogen) atoms. The van der Waals surface area contributed by atoms with Crippen LogP contribution in [0.15, 0.2) is 47.4 Å². The largest absolute Gasteiger partial charge is 0.373 e. The van der Waals surface area contributed by atoms with Gasteiger partial charge in [-0.15, -0.1) is 0 Å². The number of para-hydroxylation sites is 1. The molecule has 2 atom stereocenters. The molecule has 1 aliphatic rings. The molecule has 2 aromatic rings. The Hall–Kier alpha value is -2.22. The average molecular weight is 403 g/mol. The summed E-state index contributed by atoms with van der Waals surface area (Å²) in [6.45, 7) is 8.23. The van der Waals surface area contributed by atoms with E-state index >= 15 is 0 Å². The number of nitrogens with one attached hydrogen (secondary N) is 1. The molecule has 0 spiro atoms. The van der Waals surface area contributed by atoms with Gasteiger partial charge >= 0.3 is 0 Å². The zero-order valence-electron chi connectivity index (χ0n) is 16.6. The molecule has 0 saturated carbocycles. The molecule has 1 saturated heterocycles. The fourth-order valence-electron chi connectivity index (χ4n) is 3.45. The zero-order valence-corrected chi connectivity index (χ0v) is 17.4. The summed E-state index contributed by atoms with van der Waals surface area (Å²) in [4.78, 5) is 12.8. The summed E-state index contributed by atoms with van der Waals surface area (Å²) in [5.41, 5.74) is 3.14. The Bertz CT molecular complexity index is 940. The van der Waals surface area contributed by atoms with Crippen molar-refractivity contribution >= 4 is 21.6 Å². The molecular weight excluding hydrogens is 376 g/mol. The molecule has 0 aromatic heterocycles. The molecule has 0 aliphatic carbocycles. The number of morpholine rings is 1. The van der Waals surface area contributed by atoms with Gasteiger partial charge in [0.1, 0.15) is 0 Å². The van der Waals surface area contributed by atoms with Crippen molar-refractivity contribution in [1.82, 2.24) is 4.31 Å². The summed E-state index contributed by atoms with van der Waals surface area (Å²) in [6, 6.07) is 11.9. The number of carbonyl (C=O) groups excluding carboxylic acids is 1. The van der Waals surface area contributed by atoms with Gasteiger partial charge in [-0.1, -0.05) is 18.2 Å². The Morgan fingerprint density at radius 3 is 2.07 bits per heavy atom. The van der Waals surface area contributed by atoms with E-state index in [1.54, 1.807) is 12.1 Å². The predicted octanol–water partition coefficient (Wildman–Crippen LogP) is 3.35. The van der Waals surface area contributed by atoms with Crippen molar-refractivity contribution in [2.75, 3.05) is 18.4 Å². The number of carbonyl (C=O) groups is 1. The topological polar surface area (TPSA) is 75.7 Å². The highest BCUT2D eigenvalue weighted by molar-refractivity contribution is 7.89. The molecule has 2 aromatic carbocycles. The number of hydrogen-bond acceptors (Lipinski definition) is 4. The smallest absolute Gasteiger partial charge is 0.255 e. The number of benzene rings is 2. The molecule has 150 valence electrons. The third-order valence-electron chi connectivity index (χ3n) is 4.86. The van der Waals surface area contributed by atoms with Crippen LogP contribution in [0.2, 0.25) is 0 Å². The maximum atomic E-state index is 12.9. The van der Waals surface area contributed by atoms with Gasteiger partial charge in [0.25, 0.3) is 5.91 Å². The van der Waals surface area contributed by atoms with E-state index < -0.39 is 10.0 Å². The molecule has 1 fully saturated rings. The summed E-state index contributed by atoms with van der Waals surface area (Å²) in [6.07, 6.45) is -0.304. The van der Waals surface area contributed by atoms with E-state index in [4.69, 9.17) is 4.74 Å². The molecule has 1 heterocycles. The van der Waals surface area contributed by atoms with Crippen molar-refractivity contribution in [2.24, 2.45) is 0 Å². The minimum Gasteiger partial charge on any atom is -0.373 e. The number of anilines is 1. The standard InChI is InChI=1S/C21H26N2O4S/c1-14-6-5-7-15(2)20(14)22-21(24)18-8-10-19(11-9-18)28(25,26)23-12-16(3)27-17(4)13-23/h5-11,16-17H,12-13H2,1-4H3,(H,22,24)/t16-,17+. The van der Waals surface area contributed by atoms with Crippen LogP contribution >= 0.6 is 0 Å². The summed E-state index contributed by atoms with van der Waals surface area (Å²) in [7, 11) is -3.62. The summed E-state index contributed by atoms with van der Waals surface area (Å²) in [5.74, 6) is -0.269. The van der Waals surface area contributed by atoms with Crippen molar-refractivity contribution in [3.63, 3.8) is 0 Å². The maximum absolute atomic E-state index is 12.9. The quantitative estimate of drug-likeness (QED) is 0.851. The van der Waals surface area contributed by atoms with Gasteiger partial charge in [-0.25, -0.2) is 8.42 Å². The monoisotopic (exact) mass is 402 g/mol. The van der Waals surface area contributed by atoms with E-state index in [0.717, 1.165) is 16.8 Å². The minimum atomic E-state index is -3.62. The maximum Gasteiger partial charge on any atom is 0.255 e. The van der Waals surface area contributed by atoms with Crippen LogP contribution in [0.4, 0.5) is 5.69 Å². The third-order valence-corrected chi connectivity index (χ3v) is 6.71. The van der Waals surface area contributed by atoms with Gasteiger partial charge in [-0.05, 0) is 63.1 Å². The van der Waals surface area contributed by atoms with Crippen LogP contribution < -0.4 is 5.32 Å². The normalized spacial score (nSPS) is 20.7. The molecule has 0 radical (unpaired) electrons. The van der Waals surface area contributed by atoms with Crippen LogP contribution in [0.3, 0.4) is 0 Å². The van der Waals surface area contributed by atoms with Crippen molar-refractivity contribution in [3.8, 4) is 0 Å². The van der Waals surface area contributed by atoms with Gasteiger partial charge in [0.05, 0.1) is 17.1 Å². The molecular formula is C21H26N2O4S. The second kappa shape index (κ2) is 8.03. The van der Waals surface area contributed by atoms with E-state index in [0.29, 0.717) is 18.7 Å². The molecule has 1 amide bonds. The van der Waals surface area contributed by atoms with Crippen LogP contribution in [-0.2, 0) is 14.8 Å². The zero-order chi connectivity index (χ0) is 20.5. The van der Waals surface area contributed by atoms with Gasteiger partial charge in [0, 0.05) is 24.3 Å². The lowest BCUT2D eigenvalue weighted by Crippen LogP contribution is -2.48. The van der Waals surface area contributed by atoms with Crippen LogP contribution in [-0.4, -0.2) is 43.9 Å². The van der Waals surface area contributed by atoms with Crippen molar-refractivity contribution in [2.45, 2.75) is 44.8 Å². The van der Waals surface area contributed by atoms with Crippen LogP contribution in [0, 0.1) is 13.8 Å². The van der Waals surface area contributed by atoms with Crippen molar-refractivity contribution in [3.05, 3.63) is 59.2 Å². The minimum absolute atomic E-state index is 0.152. The second-order valence-electron chi connectivity index (χ2n) is 7.32. The number of hydrogen-bond donors (Lipinski definition) is 1. The fourth-order valence-corrected chi connectivity index (χ4v) is 5.04. The Morgan fingerprint density at radius 2 is 1.54 bits per heavy atom. The lowest BCUT2D eigenvalue weighted by atomic mass is 10.1. The van der Waals surface area contributed by atoms with Crippen LogP contribution in [0.25, 0.3) is 0 Å². The fraction of sp³-hybridized carbons (Fsp3) is 0.381. The Kier molecular flexibility index (Phi) is 5.88. The first-order valence-electron chi connectivity index (χ1n) is 9.31. The van der Waals surface area contributed by atoms with Gasteiger partial charge < -0.3 is 10.1 Å². The molecule has 0 bridgehead atoms. The predicted molar refractivity (Wildman–Crippen MR) is 109 cm³/mol. The number of aryl methyl sites for hydroxylation is 2. The number of rotatable bonds is 4. The Balaban J connectivity index is 1.78. The number of nitrogens with zero attached hydrogens (tertiary/aromatic N) is 1. The first kappa shape index (κ1) is 20.5. The highest BCUT2D eigenvalue weighted by Gasteiger charge is 2.32. The number of ether oxygens (including phenoxy) is 1. The average Bonchev–Trinajstić information content (AvgIpc) is 2.64. The van der Waals surface area contributed by atoms with Crippen molar-refractivity contribution in [1.29, 1.82) is 0 Å². The van der Waals surface area contributed by atoms with E-state index in [1.807, 2.05) is 45.9 Å². The summed E-state index contributed by atoms with van der Waals surface area (Å²) in [5, 5.41) is 2.91. The van der Waals surface area contributed by atoms with E-state index in [1.165, 1.54) is 16.4 Å². The van der Waals surface area contributed by atoms with E-state index in [2.05, 4.69) is 5.32 Å². The molecule has 7 heteroatoms. The lowest BCUT2D eigenvalue weighted by Gasteiger charge is -2.34. The number of sulfonamides is 1. The Morgan fingerprint density at radius 1 is 1.00 bits per heavy atom. The molecule has 0 unspecified atom stereocenters. The third kappa shape index (κ3) is 4.27. The highest BCUT2D eigenvalue weighted by Crippen LogP contribution is 2.23. The molecule has 3 rings (SSSR count).